The number of β-amino-alcohol motifs (C(OH)–C–C–N with tert-alkyl or cyclic N) is 1. The lowest BCUT2D eigenvalue weighted by Gasteiger charge is -2.42. The maximum atomic E-state index is 14.2. The Hall–Kier alpha value is -2.49. The number of halogens is 4. The molecule has 0 radical (unpaired) electrons. The first kappa shape index (κ1) is 22.2. The van der Waals surface area contributed by atoms with Gasteiger partial charge in [0.15, 0.2) is 11.6 Å². The summed E-state index contributed by atoms with van der Waals surface area (Å²) in [5.41, 5.74) is -1.99. The average Bonchev–Trinajstić information content (AvgIpc) is 2.63. The average molecular weight is 445 g/mol. The predicted octanol–water partition coefficient (Wildman–Crippen LogP) is 3.10. The number of amides is 1. The van der Waals surface area contributed by atoms with Crippen LogP contribution in [-0.4, -0.2) is 47.5 Å². The summed E-state index contributed by atoms with van der Waals surface area (Å²) < 4.78 is 47.3. The van der Waals surface area contributed by atoms with Crippen LogP contribution in [-0.2, 0) is 4.79 Å². The Balaban J connectivity index is 1.72. The third kappa shape index (κ3) is 4.80. The van der Waals surface area contributed by atoms with Crippen molar-refractivity contribution < 1.29 is 32.9 Å². The summed E-state index contributed by atoms with van der Waals surface area (Å²) in [5, 5.41) is 23.6. The molecule has 1 aliphatic rings. The van der Waals surface area contributed by atoms with E-state index in [1.165, 1.54) is 17.9 Å². The van der Waals surface area contributed by atoms with E-state index in [9.17, 15) is 28.2 Å². The number of piperidine rings is 1. The summed E-state index contributed by atoms with van der Waals surface area (Å²) in [6, 6.07) is 5.40. The Kier molecular flexibility index (Phi) is 6.44. The maximum Gasteiger partial charge on any atom is 0.221 e. The molecule has 2 aromatic carbocycles. The van der Waals surface area contributed by atoms with Crippen molar-refractivity contribution >= 4 is 28.9 Å². The lowest BCUT2D eigenvalue weighted by atomic mass is 9.89. The minimum absolute atomic E-state index is 0.0361. The van der Waals surface area contributed by atoms with Crippen molar-refractivity contribution in [2.75, 3.05) is 29.9 Å². The Morgan fingerprint density at radius 1 is 1.30 bits per heavy atom. The third-order valence-corrected chi connectivity index (χ3v) is 5.07. The monoisotopic (exact) mass is 444 g/mol. The van der Waals surface area contributed by atoms with Gasteiger partial charge in [-0.2, -0.15) is 0 Å². The van der Waals surface area contributed by atoms with Crippen molar-refractivity contribution in [3.05, 3.63) is 52.8 Å². The first-order chi connectivity index (χ1) is 14.1. The molecule has 6 nitrogen and oxygen atoms in total. The van der Waals surface area contributed by atoms with Crippen molar-refractivity contribution in [1.82, 2.24) is 0 Å². The summed E-state index contributed by atoms with van der Waals surface area (Å²) >= 11 is 5.63. The van der Waals surface area contributed by atoms with Gasteiger partial charge in [-0.25, -0.2) is 13.2 Å². The highest BCUT2D eigenvalue weighted by atomic mass is 35.5. The molecule has 0 unspecified atom stereocenters. The normalized spacial score (nSPS) is 21.4. The molecule has 3 rings (SSSR count). The van der Waals surface area contributed by atoms with E-state index in [1.807, 2.05) is 0 Å². The standard InChI is InChI=1S/C20H20ClF3N2O4/c1-11(27)25-16-8-13(22)2-3-17(16)30-10-20(29)4-5-26(9-18(20)28)19-14(23)6-12(21)7-15(19)24/h2-3,6-8,18,28-29H,4-5,9-10H2,1H3,(H,25,27)/t18-,20-/m1/s1. The quantitative estimate of drug-likeness (QED) is 0.660. The molecule has 0 spiro atoms. The van der Waals surface area contributed by atoms with Gasteiger partial charge in [0.05, 0.1) is 5.69 Å². The zero-order valence-electron chi connectivity index (χ0n) is 16.0. The molecule has 0 bridgehead atoms. The van der Waals surface area contributed by atoms with Crippen LogP contribution in [0.1, 0.15) is 13.3 Å². The molecule has 0 aromatic heterocycles. The molecule has 0 saturated carbocycles. The Bertz CT molecular complexity index is 939. The molecule has 3 N–H and O–H groups in total. The van der Waals surface area contributed by atoms with E-state index in [1.54, 1.807) is 0 Å². The number of anilines is 2. The molecule has 0 aliphatic carbocycles. The molecule has 30 heavy (non-hydrogen) atoms. The minimum Gasteiger partial charge on any atom is -0.488 e. The van der Waals surface area contributed by atoms with Crippen molar-refractivity contribution in [3.8, 4) is 5.75 Å². The van der Waals surface area contributed by atoms with Crippen molar-refractivity contribution in [3.63, 3.8) is 0 Å². The number of rotatable bonds is 5. The van der Waals surface area contributed by atoms with Gasteiger partial charge < -0.3 is 25.2 Å². The van der Waals surface area contributed by atoms with E-state index in [0.29, 0.717) is 0 Å². The maximum absolute atomic E-state index is 14.2. The number of carbonyl (C=O) groups is 1. The first-order valence-corrected chi connectivity index (χ1v) is 9.47. The number of benzene rings is 2. The van der Waals surface area contributed by atoms with E-state index >= 15 is 0 Å². The SMILES string of the molecule is CC(=O)Nc1cc(F)ccc1OC[C@]1(O)CCN(c2c(F)cc(Cl)cc2F)C[C@H]1O. The summed E-state index contributed by atoms with van der Waals surface area (Å²) in [6.45, 7) is 0.647. The molecule has 1 saturated heterocycles. The third-order valence-electron chi connectivity index (χ3n) is 4.86. The smallest absolute Gasteiger partial charge is 0.221 e. The van der Waals surface area contributed by atoms with Gasteiger partial charge in [-0.3, -0.25) is 4.79 Å². The number of aliphatic hydroxyl groups excluding tert-OH is 1. The fraction of sp³-hybridized carbons (Fsp3) is 0.350. The molecule has 1 aliphatic heterocycles. The van der Waals surface area contributed by atoms with Gasteiger partial charge in [0.1, 0.15) is 35.6 Å². The second-order valence-corrected chi connectivity index (χ2v) is 7.58. The Labute approximate surface area is 175 Å². The topological polar surface area (TPSA) is 82.0 Å². The molecule has 2 aromatic rings. The number of aliphatic hydroxyl groups is 2. The van der Waals surface area contributed by atoms with Crippen LogP contribution in [0.25, 0.3) is 0 Å². The molecule has 10 heteroatoms. The Morgan fingerprint density at radius 3 is 2.57 bits per heavy atom. The van der Waals surface area contributed by atoms with E-state index in [4.69, 9.17) is 16.3 Å². The van der Waals surface area contributed by atoms with Crippen LogP contribution < -0.4 is 15.0 Å². The lowest BCUT2D eigenvalue weighted by molar-refractivity contribution is -0.114. The van der Waals surface area contributed by atoms with Crippen molar-refractivity contribution in [2.24, 2.45) is 0 Å². The zero-order valence-corrected chi connectivity index (χ0v) is 16.7. The van der Waals surface area contributed by atoms with Crippen LogP contribution in [0.15, 0.2) is 30.3 Å². The zero-order chi connectivity index (χ0) is 22.1. The molecular formula is C20H20ClF3N2O4. The molecule has 2 atom stereocenters. The predicted molar refractivity (Wildman–Crippen MR) is 105 cm³/mol. The number of nitrogens with one attached hydrogen (secondary N) is 1. The number of hydrogen-bond donors (Lipinski definition) is 3. The largest absolute Gasteiger partial charge is 0.488 e. The van der Waals surface area contributed by atoms with Gasteiger partial charge in [0.25, 0.3) is 0 Å². The molecular weight excluding hydrogens is 425 g/mol. The highest BCUT2D eigenvalue weighted by Gasteiger charge is 2.42. The molecule has 1 heterocycles. The van der Waals surface area contributed by atoms with Gasteiger partial charge in [-0.05, 0) is 30.7 Å². The van der Waals surface area contributed by atoms with E-state index < -0.39 is 35.1 Å². The van der Waals surface area contributed by atoms with Crippen LogP contribution in [0.5, 0.6) is 5.75 Å². The molecule has 1 fully saturated rings. The lowest BCUT2D eigenvalue weighted by Crippen LogP contribution is -2.58. The van der Waals surface area contributed by atoms with Gasteiger partial charge in [-0.1, -0.05) is 11.6 Å². The van der Waals surface area contributed by atoms with E-state index in [2.05, 4.69) is 5.32 Å². The van der Waals surface area contributed by atoms with Gasteiger partial charge in [0.2, 0.25) is 5.91 Å². The van der Waals surface area contributed by atoms with Crippen LogP contribution in [0.3, 0.4) is 0 Å². The second kappa shape index (κ2) is 8.71. The Morgan fingerprint density at radius 2 is 1.97 bits per heavy atom. The van der Waals surface area contributed by atoms with Crippen molar-refractivity contribution in [1.29, 1.82) is 0 Å². The molecule has 1 amide bonds. The van der Waals surface area contributed by atoms with Crippen molar-refractivity contribution in [2.45, 2.75) is 25.0 Å². The highest BCUT2D eigenvalue weighted by molar-refractivity contribution is 6.30. The first-order valence-electron chi connectivity index (χ1n) is 9.09. The minimum atomic E-state index is -1.72. The van der Waals surface area contributed by atoms with Crippen LogP contribution >= 0.6 is 11.6 Å². The number of hydrogen-bond acceptors (Lipinski definition) is 5. The summed E-state index contributed by atoms with van der Waals surface area (Å²) in [4.78, 5) is 12.6. The second-order valence-electron chi connectivity index (χ2n) is 7.14. The number of nitrogens with zero attached hydrogens (tertiary/aromatic N) is 1. The fourth-order valence-electron chi connectivity index (χ4n) is 3.29. The van der Waals surface area contributed by atoms with E-state index in [-0.39, 0.29) is 48.3 Å². The van der Waals surface area contributed by atoms with Gasteiger partial charge in [0, 0.05) is 31.1 Å². The van der Waals surface area contributed by atoms with Crippen LogP contribution in [0.2, 0.25) is 5.02 Å². The highest BCUT2D eigenvalue weighted by Crippen LogP contribution is 2.33. The summed E-state index contributed by atoms with van der Waals surface area (Å²) in [5.74, 6) is -2.68. The van der Waals surface area contributed by atoms with Crippen LogP contribution in [0.4, 0.5) is 24.5 Å². The number of ether oxygens (including phenoxy) is 1. The number of carbonyl (C=O) groups excluding carboxylic acids is 1. The fourth-order valence-corrected chi connectivity index (χ4v) is 3.48. The summed E-state index contributed by atoms with van der Waals surface area (Å²) in [7, 11) is 0. The van der Waals surface area contributed by atoms with Crippen LogP contribution in [0, 0.1) is 17.5 Å². The molecule has 162 valence electrons. The summed E-state index contributed by atoms with van der Waals surface area (Å²) in [6.07, 6.45) is -1.46. The van der Waals surface area contributed by atoms with Gasteiger partial charge in [-0.15, -0.1) is 0 Å². The van der Waals surface area contributed by atoms with Gasteiger partial charge >= 0.3 is 0 Å². The van der Waals surface area contributed by atoms with E-state index in [0.717, 1.165) is 24.3 Å².